The Kier molecular flexibility index (Phi) is 4.33. The highest BCUT2D eigenvalue weighted by molar-refractivity contribution is 6.05. The van der Waals surface area contributed by atoms with Gasteiger partial charge in [0.15, 0.2) is 11.3 Å². The zero-order valence-corrected chi connectivity index (χ0v) is 18.1. The van der Waals surface area contributed by atoms with Crippen molar-refractivity contribution in [1.29, 1.82) is 0 Å². The molecule has 2 aromatic carbocycles. The van der Waals surface area contributed by atoms with Gasteiger partial charge in [-0.05, 0) is 62.1 Å². The number of para-hydroxylation sites is 2. The molecule has 160 valence electrons. The third kappa shape index (κ3) is 2.92. The van der Waals surface area contributed by atoms with Crippen molar-refractivity contribution in [3.05, 3.63) is 70.3 Å². The highest BCUT2D eigenvalue weighted by Crippen LogP contribution is 2.29. The predicted molar refractivity (Wildman–Crippen MR) is 124 cm³/mol. The van der Waals surface area contributed by atoms with Gasteiger partial charge in [-0.25, -0.2) is 15.0 Å². The summed E-state index contributed by atoms with van der Waals surface area (Å²) in [6, 6.07) is 13.9. The number of rotatable bonds is 3. The predicted octanol–water partition coefficient (Wildman–Crippen LogP) is 4.08. The fourth-order valence-electron chi connectivity index (χ4n) is 4.52. The van der Waals surface area contributed by atoms with E-state index in [2.05, 4.69) is 26.0 Å². The topological polar surface area (TPSA) is 74.8 Å². The summed E-state index contributed by atoms with van der Waals surface area (Å²) in [7, 11) is 0. The summed E-state index contributed by atoms with van der Waals surface area (Å²) in [6.45, 7) is 5.41. The summed E-state index contributed by atoms with van der Waals surface area (Å²) in [5.74, 6) is 0. The van der Waals surface area contributed by atoms with E-state index in [0.29, 0.717) is 28.7 Å². The van der Waals surface area contributed by atoms with Crippen LogP contribution in [0, 0.1) is 13.8 Å². The Morgan fingerprint density at radius 1 is 1.03 bits per heavy atom. The molecule has 0 N–H and O–H groups in total. The maximum Gasteiger partial charge on any atom is 0.265 e. The molecule has 0 spiro atoms. The lowest BCUT2D eigenvalue weighted by atomic mass is 10.1. The first-order chi connectivity index (χ1) is 15.6. The molecule has 5 aromatic rings. The van der Waals surface area contributed by atoms with Crippen LogP contribution in [-0.4, -0.2) is 36.8 Å². The molecule has 1 aliphatic heterocycles. The molecular formula is C25H23N5O2. The highest BCUT2D eigenvalue weighted by atomic mass is 16.5. The average Bonchev–Trinajstić information content (AvgIpc) is 3.42. The van der Waals surface area contributed by atoms with Crippen molar-refractivity contribution in [2.24, 2.45) is 0 Å². The molecule has 1 aliphatic rings. The monoisotopic (exact) mass is 425 g/mol. The zero-order valence-electron chi connectivity index (χ0n) is 18.1. The van der Waals surface area contributed by atoms with Crippen LogP contribution in [0.5, 0.6) is 0 Å². The highest BCUT2D eigenvalue weighted by Gasteiger charge is 2.23. The van der Waals surface area contributed by atoms with Gasteiger partial charge in [-0.15, -0.1) is 0 Å². The first-order valence-electron chi connectivity index (χ1n) is 11.0. The number of hydrogen-bond donors (Lipinski definition) is 0. The molecule has 6 rings (SSSR count). The SMILES string of the molecule is Cc1ccc(-n2c3nc4ccccc4nc3c3c(=O)n(C[C@H]4CCCO4)cnc32)cc1C. The minimum atomic E-state index is -0.109. The van der Waals surface area contributed by atoms with E-state index in [4.69, 9.17) is 19.7 Å². The van der Waals surface area contributed by atoms with Gasteiger partial charge < -0.3 is 4.74 Å². The summed E-state index contributed by atoms with van der Waals surface area (Å²) >= 11 is 0. The second-order valence-electron chi connectivity index (χ2n) is 8.52. The third-order valence-electron chi connectivity index (χ3n) is 6.40. The maximum absolute atomic E-state index is 13.6. The van der Waals surface area contributed by atoms with Crippen LogP contribution in [0.4, 0.5) is 0 Å². The first kappa shape index (κ1) is 19.1. The van der Waals surface area contributed by atoms with Crippen LogP contribution in [0.15, 0.2) is 53.6 Å². The maximum atomic E-state index is 13.6. The quantitative estimate of drug-likeness (QED) is 0.435. The largest absolute Gasteiger partial charge is 0.376 e. The Bertz CT molecular complexity index is 1560. The van der Waals surface area contributed by atoms with Gasteiger partial charge in [0.25, 0.3) is 5.56 Å². The first-order valence-corrected chi connectivity index (χ1v) is 11.0. The molecule has 0 bridgehead atoms. The Hall–Kier alpha value is -3.58. The van der Waals surface area contributed by atoms with Crippen LogP contribution in [-0.2, 0) is 11.3 Å². The number of nitrogens with zero attached hydrogens (tertiary/aromatic N) is 5. The lowest BCUT2D eigenvalue weighted by Crippen LogP contribution is -2.26. The van der Waals surface area contributed by atoms with E-state index in [1.165, 1.54) is 5.56 Å². The van der Waals surface area contributed by atoms with Crippen molar-refractivity contribution < 1.29 is 4.74 Å². The Morgan fingerprint density at radius 3 is 2.59 bits per heavy atom. The normalized spacial score (nSPS) is 16.5. The van der Waals surface area contributed by atoms with E-state index in [-0.39, 0.29) is 11.7 Å². The molecule has 0 saturated carbocycles. The van der Waals surface area contributed by atoms with Gasteiger partial charge in [-0.3, -0.25) is 13.9 Å². The van der Waals surface area contributed by atoms with Crippen molar-refractivity contribution >= 4 is 33.2 Å². The molecule has 7 nitrogen and oxygen atoms in total. The fourth-order valence-corrected chi connectivity index (χ4v) is 4.52. The summed E-state index contributed by atoms with van der Waals surface area (Å²) in [5.41, 5.74) is 6.52. The van der Waals surface area contributed by atoms with Crippen LogP contribution >= 0.6 is 0 Å². The van der Waals surface area contributed by atoms with Crippen LogP contribution in [0.2, 0.25) is 0 Å². The molecule has 1 fully saturated rings. The van der Waals surface area contributed by atoms with E-state index in [0.717, 1.165) is 41.7 Å². The molecule has 32 heavy (non-hydrogen) atoms. The van der Waals surface area contributed by atoms with E-state index in [9.17, 15) is 4.79 Å². The number of fused-ring (bicyclic) bond motifs is 4. The van der Waals surface area contributed by atoms with Gasteiger partial charge in [0.05, 0.1) is 23.7 Å². The van der Waals surface area contributed by atoms with E-state index < -0.39 is 0 Å². The minimum Gasteiger partial charge on any atom is -0.376 e. The molecule has 0 amide bonds. The Labute approximate surface area is 184 Å². The number of benzene rings is 2. The molecule has 4 heterocycles. The van der Waals surface area contributed by atoms with Crippen LogP contribution in [0.1, 0.15) is 24.0 Å². The van der Waals surface area contributed by atoms with Gasteiger partial charge in [-0.2, -0.15) is 0 Å². The van der Waals surface area contributed by atoms with Crippen molar-refractivity contribution in [2.75, 3.05) is 6.61 Å². The molecule has 0 radical (unpaired) electrons. The molecule has 0 aliphatic carbocycles. The zero-order chi connectivity index (χ0) is 21.8. The molecule has 1 saturated heterocycles. The van der Waals surface area contributed by atoms with Gasteiger partial charge in [0.1, 0.15) is 17.2 Å². The second-order valence-corrected chi connectivity index (χ2v) is 8.52. The smallest absolute Gasteiger partial charge is 0.265 e. The number of hydrogen-bond acceptors (Lipinski definition) is 5. The standard InChI is InChI=1S/C25H23N5O2/c1-15-9-10-17(12-16(15)2)30-23-21(22-24(30)28-20-8-4-3-7-19(20)27-22)25(31)29(14-26-23)13-18-6-5-11-32-18/h3-4,7-10,12,14,18H,5-6,11,13H2,1-2H3/t18-/m1/s1. The van der Waals surface area contributed by atoms with Gasteiger partial charge >= 0.3 is 0 Å². The molecule has 7 heteroatoms. The van der Waals surface area contributed by atoms with Crippen LogP contribution in [0.3, 0.4) is 0 Å². The molecule has 1 atom stereocenters. The lowest BCUT2D eigenvalue weighted by Gasteiger charge is -2.12. The molecule has 0 unspecified atom stereocenters. The van der Waals surface area contributed by atoms with Crippen LogP contribution < -0.4 is 5.56 Å². The third-order valence-corrected chi connectivity index (χ3v) is 6.40. The van der Waals surface area contributed by atoms with Crippen molar-refractivity contribution in [3.63, 3.8) is 0 Å². The fraction of sp³-hybridized carbons (Fsp3) is 0.280. The summed E-state index contributed by atoms with van der Waals surface area (Å²) in [4.78, 5) is 28.1. The Balaban J connectivity index is 1.69. The number of aryl methyl sites for hydroxylation is 2. The van der Waals surface area contributed by atoms with Crippen molar-refractivity contribution in [3.8, 4) is 5.69 Å². The Morgan fingerprint density at radius 2 is 1.84 bits per heavy atom. The lowest BCUT2D eigenvalue weighted by molar-refractivity contribution is 0.0960. The molecule has 3 aromatic heterocycles. The minimum absolute atomic E-state index is 0.0481. The van der Waals surface area contributed by atoms with Crippen LogP contribution in [0.25, 0.3) is 38.9 Å². The van der Waals surface area contributed by atoms with Gasteiger partial charge in [-0.1, -0.05) is 18.2 Å². The van der Waals surface area contributed by atoms with Gasteiger partial charge in [0, 0.05) is 12.3 Å². The summed E-state index contributed by atoms with van der Waals surface area (Å²) < 4.78 is 9.35. The summed E-state index contributed by atoms with van der Waals surface area (Å²) in [6.07, 6.45) is 3.66. The number of ether oxygens (including phenoxy) is 1. The number of aromatic nitrogens is 5. The van der Waals surface area contributed by atoms with E-state index >= 15 is 0 Å². The van der Waals surface area contributed by atoms with E-state index in [1.807, 2.05) is 34.9 Å². The second kappa shape index (κ2) is 7.24. The summed E-state index contributed by atoms with van der Waals surface area (Å²) in [5, 5.41) is 0.497. The van der Waals surface area contributed by atoms with Gasteiger partial charge in [0.2, 0.25) is 0 Å². The molecular weight excluding hydrogens is 402 g/mol. The van der Waals surface area contributed by atoms with Crippen molar-refractivity contribution in [2.45, 2.75) is 39.3 Å². The average molecular weight is 425 g/mol. The van der Waals surface area contributed by atoms with E-state index in [1.54, 1.807) is 10.9 Å². The van der Waals surface area contributed by atoms with Crippen molar-refractivity contribution in [1.82, 2.24) is 24.1 Å².